The molecule has 1 N–H and O–H groups in total. The van der Waals surface area contributed by atoms with Gasteiger partial charge in [-0.05, 0) is 38.0 Å². The molecular weight excluding hydrogens is 282 g/mol. The fourth-order valence-corrected chi connectivity index (χ4v) is 2.41. The molecule has 1 heterocycles. The fourth-order valence-electron chi connectivity index (χ4n) is 2.01. The van der Waals surface area contributed by atoms with Crippen molar-refractivity contribution in [2.75, 3.05) is 6.61 Å². The minimum atomic E-state index is -0.0469. The lowest BCUT2D eigenvalue weighted by molar-refractivity contribution is 0.0712. The van der Waals surface area contributed by atoms with Gasteiger partial charge in [0.25, 0.3) is 5.91 Å². The maximum Gasteiger partial charge on any atom is 0.251 e. The largest absolute Gasteiger partial charge is 0.376 e. The summed E-state index contributed by atoms with van der Waals surface area (Å²) in [5.74, 6) is -0.0469. The second-order valence-electron chi connectivity index (χ2n) is 4.32. The first-order valence-corrected chi connectivity index (χ1v) is 6.64. The number of carbonyl (C=O) groups is 1. The Morgan fingerprint density at radius 3 is 3.06 bits per heavy atom. The average Bonchev–Trinajstić information content (AvgIpc) is 2.82. The Hall–Kier alpha value is -0.870. The van der Waals surface area contributed by atoms with Crippen LogP contribution in [-0.2, 0) is 4.74 Å². The van der Waals surface area contributed by atoms with E-state index >= 15 is 0 Å². The summed E-state index contributed by atoms with van der Waals surface area (Å²) < 4.78 is 6.46. The predicted molar refractivity (Wildman–Crippen MR) is 70.0 cm³/mol. The molecule has 1 aromatic carbocycles. The van der Waals surface area contributed by atoms with Gasteiger partial charge in [-0.3, -0.25) is 4.79 Å². The minimum absolute atomic E-state index is 0.0469. The lowest BCUT2D eigenvalue weighted by Crippen LogP contribution is -2.40. The van der Waals surface area contributed by atoms with Crippen molar-refractivity contribution in [1.82, 2.24) is 5.32 Å². The van der Waals surface area contributed by atoms with Crippen LogP contribution < -0.4 is 5.32 Å². The van der Waals surface area contributed by atoms with Crippen molar-refractivity contribution in [1.29, 1.82) is 0 Å². The Morgan fingerprint density at radius 2 is 2.41 bits per heavy atom. The van der Waals surface area contributed by atoms with Gasteiger partial charge in [0.15, 0.2) is 0 Å². The molecule has 17 heavy (non-hydrogen) atoms. The highest BCUT2D eigenvalue weighted by Crippen LogP contribution is 2.16. The number of rotatable bonds is 3. The number of halogens is 1. The van der Waals surface area contributed by atoms with Gasteiger partial charge in [-0.1, -0.05) is 22.0 Å². The van der Waals surface area contributed by atoms with Crippen molar-refractivity contribution in [2.45, 2.75) is 31.9 Å². The molecule has 92 valence electrons. The van der Waals surface area contributed by atoms with Crippen LogP contribution in [0.3, 0.4) is 0 Å². The lowest BCUT2D eigenvalue weighted by atomic mass is 10.1. The molecule has 0 bridgehead atoms. The van der Waals surface area contributed by atoms with E-state index in [9.17, 15) is 4.79 Å². The topological polar surface area (TPSA) is 38.3 Å². The molecule has 1 amide bonds. The summed E-state index contributed by atoms with van der Waals surface area (Å²) in [4.78, 5) is 12.0. The Labute approximate surface area is 110 Å². The highest BCUT2D eigenvalue weighted by molar-refractivity contribution is 9.10. The summed E-state index contributed by atoms with van der Waals surface area (Å²) in [6.07, 6.45) is 2.27. The molecule has 1 fully saturated rings. The smallest absolute Gasteiger partial charge is 0.251 e. The first-order chi connectivity index (χ1) is 8.16. The van der Waals surface area contributed by atoms with Gasteiger partial charge in [-0.25, -0.2) is 0 Å². The van der Waals surface area contributed by atoms with Crippen LogP contribution in [0.1, 0.15) is 30.1 Å². The molecule has 0 spiro atoms. The number of benzene rings is 1. The van der Waals surface area contributed by atoms with Gasteiger partial charge in [-0.2, -0.15) is 0 Å². The van der Waals surface area contributed by atoms with Gasteiger partial charge in [0.05, 0.1) is 12.1 Å². The van der Waals surface area contributed by atoms with Crippen LogP contribution >= 0.6 is 15.9 Å². The van der Waals surface area contributed by atoms with E-state index in [0.717, 1.165) is 23.9 Å². The first-order valence-electron chi connectivity index (χ1n) is 5.85. The quantitative estimate of drug-likeness (QED) is 0.932. The molecule has 1 aromatic rings. The van der Waals surface area contributed by atoms with E-state index in [2.05, 4.69) is 21.2 Å². The van der Waals surface area contributed by atoms with E-state index in [0.29, 0.717) is 5.56 Å². The maximum atomic E-state index is 12.0. The third-order valence-electron chi connectivity index (χ3n) is 2.97. The van der Waals surface area contributed by atoms with Gasteiger partial charge in [0, 0.05) is 16.6 Å². The molecule has 0 aliphatic carbocycles. The molecule has 2 rings (SSSR count). The lowest BCUT2D eigenvalue weighted by Gasteiger charge is -2.20. The van der Waals surface area contributed by atoms with Crippen molar-refractivity contribution in [2.24, 2.45) is 0 Å². The summed E-state index contributed by atoms with van der Waals surface area (Å²) in [5, 5.41) is 2.98. The second-order valence-corrected chi connectivity index (χ2v) is 5.24. The third-order valence-corrected chi connectivity index (χ3v) is 3.46. The number of ether oxygens (including phenoxy) is 1. The SMILES string of the molecule is C[C@@H](NC(=O)c1cccc(Br)c1)[C@H]1CCCO1. The maximum absolute atomic E-state index is 12.0. The Kier molecular flexibility index (Phi) is 4.18. The second kappa shape index (κ2) is 5.65. The number of nitrogens with one attached hydrogen (secondary N) is 1. The number of hydrogen-bond acceptors (Lipinski definition) is 2. The van der Waals surface area contributed by atoms with Gasteiger partial charge in [0.2, 0.25) is 0 Å². The summed E-state index contributed by atoms with van der Waals surface area (Å²) in [7, 11) is 0. The zero-order valence-corrected chi connectivity index (χ0v) is 11.4. The molecule has 0 aromatic heterocycles. The summed E-state index contributed by atoms with van der Waals surface area (Å²) in [6.45, 7) is 2.80. The van der Waals surface area contributed by atoms with E-state index in [-0.39, 0.29) is 18.1 Å². The van der Waals surface area contributed by atoms with Crippen LogP contribution in [0, 0.1) is 0 Å². The number of carbonyl (C=O) groups excluding carboxylic acids is 1. The van der Waals surface area contributed by atoms with Crippen LogP contribution in [0.2, 0.25) is 0 Å². The minimum Gasteiger partial charge on any atom is -0.376 e. The third kappa shape index (κ3) is 3.30. The Balaban J connectivity index is 1.96. The predicted octanol–water partition coefficient (Wildman–Crippen LogP) is 2.75. The molecular formula is C13H16BrNO2. The van der Waals surface area contributed by atoms with Gasteiger partial charge >= 0.3 is 0 Å². The van der Waals surface area contributed by atoms with Crippen molar-refractivity contribution in [3.63, 3.8) is 0 Å². The zero-order chi connectivity index (χ0) is 12.3. The molecule has 0 unspecified atom stereocenters. The Morgan fingerprint density at radius 1 is 1.59 bits per heavy atom. The van der Waals surface area contributed by atoms with Gasteiger partial charge < -0.3 is 10.1 Å². The van der Waals surface area contributed by atoms with E-state index in [1.807, 2.05) is 31.2 Å². The van der Waals surface area contributed by atoms with E-state index < -0.39 is 0 Å². The first kappa shape index (κ1) is 12.6. The van der Waals surface area contributed by atoms with Gasteiger partial charge in [-0.15, -0.1) is 0 Å². The van der Waals surface area contributed by atoms with Crippen molar-refractivity contribution in [3.8, 4) is 0 Å². The molecule has 2 atom stereocenters. The van der Waals surface area contributed by atoms with Crippen LogP contribution in [0.15, 0.2) is 28.7 Å². The highest BCUT2D eigenvalue weighted by Gasteiger charge is 2.23. The van der Waals surface area contributed by atoms with Crippen LogP contribution in [-0.4, -0.2) is 24.7 Å². The van der Waals surface area contributed by atoms with E-state index in [4.69, 9.17) is 4.74 Å². The average molecular weight is 298 g/mol. The number of hydrogen-bond donors (Lipinski definition) is 1. The van der Waals surface area contributed by atoms with Crippen molar-refractivity contribution in [3.05, 3.63) is 34.3 Å². The zero-order valence-electron chi connectivity index (χ0n) is 9.78. The molecule has 1 aliphatic heterocycles. The summed E-state index contributed by atoms with van der Waals surface area (Å²) in [6, 6.07) is 7.44. The Bertz CT molecular complexity index is 402. The standard InChI is InChI=1S/C13H16BrNO2/c1-9(12-6-3-7-17-12)15-13(16)10-4-2-5-11(14)8-10/h2,4-5,8-9,12H,3,6-7H2,1H3,(H,15,16)/t9-,12-/m1/s1. The van der Waals surface area contributed by atoms with Gasteiger partial charge in [0.1, 0.15) is 0 Å². The normalized spacial score (nSPS) is 21.2. The monoisotopic (exact) mass is 297 g/mol. The molecule has 0 radical (unpaired) electrons. The number of amides is 1. The molecule has 4 heteroatoms. The fraction of sp³-hybridized carbons (Fsp3) is 0.462. The van der Waals surface area contributed by atoms with Crippen LogP contribution in [0.4, 0.5) is 0 Å². The molecule has 0 saturated carbocycles. The summed E-state index contributed by atoms with van der Waals surface area (Å²) >= 11 is 3.36. The van der Waals surface area contributed by atoms with Crippen LogP contribution in [0.25, 0.3) is 0 Å². The molecule has 1 aliphatic rings. The highest BCUT2D eigenvalue weighted by atomic mass is 79.9. The van der Waals surface area contributed by atoms with Crippen molar-refractivity contribution < 1.29 is 9.53 Å². The van der Waals surface area contributed by atoms with Crippen LogP contribution in [0.5, 0.6) is 0 Å². The van der Waals surface area contributed by atoms with E-state index in [1.165, 1.54) is 0 Å². The van der Waals surface area contributed by atoms with Crippen molar-refractivity contribution >= 4 is 21.8 Å². The van der Waals surface area contributed by atoms with E-state index in [1.54, 1.807) is 0 Å². The summed E-state index contributed by atoms with van der Waals surface area (Å²) in [5.41, 5.74) is 0.671. The molecule has 1 saturated heterocycles. The molecule has 3 nitrogen and oxygen atoms in total.